The summed E-state index contributed by atoms with van der Waals surface area (Å²) in [5.74, 6) is -0.253. The Balaban J connectivity index is 2.38. The van der Waals surface area contributed by atoms with E-state index in [1.165, 1.54) is 7.11 Å². The van der Waals surface area contributed by atoms with Crippen LogP contribution >= 0.6 is 0 Å². The topological polar surface area (TPSA) is 58.6 Å². The lowest BCUT2D eigenvalue weighted by atomic mass is 9.96. The van der Waals surface area contributed by atoms with Gasteiger partial charge in [0.05, 0.1) is 19.1 Å². The Kier molecular flexibility index (Phi) is 5.12. The molecular formula is C13H19NO3. The minimum absolute atomic E-state index is 0.253. The first-order chi connectivity index (χ1) is 8.06. The van der Waals surface area contributed by atoms with E-state index in [9.17, 15) is 9.90 Å². The lowest BCUT2D eigenvalue weighted by Crippen LogP contribution is -2.36. The molecule has 1 rings (SSSR count). The number of carbonyl (C=O) groups excluding carboxylic acids is 1. The molecule has 0 heterocycles. The highest BCUT2D eigenvalue weighted by Gasteiger charge is 2.21. The van der Waals surface area contributed by atoms with Gasteiger partial charge in [0.15, 0.2) is 0 Å². The molecule has 0 aliphatic heterocycles. The monoisotopic (exact) mass is 237 g/mol. The second-order valence-electron chi connectivity index (χ2n) is 4.14. The largest absolute Gasteiger partial charge is 0.469 e. The zero-order chi connectivity index (χ0) is 12.7. The van der Waals surface area contributed by atoms with Crippen LogP contribution in [-0.4, -0.2) is 31.3 Å². The smallest absolute Gasteiger partial charge is 0.306 e. The first-order valence-electron chi connectivity index (χ1n) is 5.62. The fourth-order valence-corrected chi connectivity index (χ4v) is 1.52. The highest BCUT2D eigenvalue weighted by atomic mass is 16.5. The van der Waals surface area contributed by atoms with Crippen LogP contribution in [0.2, 0.25) is 0 Å². The molecule has 4 nitrogen and oxygen atoms in total. The number of hydrogen-bond acceptors (Lipinski definition) is 4. The van der Waals surface area contributed by atoms with Gasteiger partial charge in [-0.15, -0.1) is 0 Å². The van der Waals surface area contributed by atoms with Crippen molar-refractivity contribution in [3.8, 4) is 0 Å². The van der Waals surface area contributed by atoms with Crippen LogP contribution in [0.1, 0.15) is 18.9 Å². The lowest BCUT2D eigenvalue weighted by Gasteiger charge is -2.24. The summed E-state index contributed by atoms with van der Waals surface area (Å²) in [6.45, 7) is 2.64. The number of hydrogen-bond donors (Lipinski definition) is 2. The minimum atomic E-state index is -0.933. The Morgan fingerprint density at radius 3 is 2.65 bits per heavy atom. The number of methoxy groups -OCH3 is 1. The van der Waals surface area contributed by atoms with Crippen molar-refractivity contribution in [2.24, 2.45) is 0 Å². The number of benzene rings is 1. The Hall–Kier alpha value is -1.39. The maximum atomic E-state index is 10.9. The summed E-state index contributed by atoms with van der Waals surface area (Å²) in [7, 11) is 1.36. The molecule has 0 fully saturated rings. The van der Waals surface area contributed by atoms with Crippen molar-refractivity contribution in [3.05, 3.63) is 35.9 Å². The highest BCUT2D eigenvalue weighted by molar-refractivity contribution is 5.69. The van der Waals surface area contributed by atoms with Crippen molar-refractivity contribution in [2.75, 3.05) is 20.2 Å². The first-order valence-corrected chi connectivity index (χ1v) is 5.62. The van der Waals surface area contributed by atoms with E-state index in [1.54, 1.807) is 6.92 Å². The zero-order valence-electron chi connectivity index (χ0n) is 10.3. The molecule has 0 aliphatic rings. The Bertz CT molecular complexity index is 349. The molecule has 1 atom stereocenters. The minimum Gasteiger partial charge on any atom is -0.469 e. The molecule has 1 aromatic rings. The van der Waals surface area contributed by atoms with Crippen molar-refractivity contribution < 1.29 is 14.6 Å². The van der Waals surface area contributed by atoms with E-state index in [4.69, 9.17) is 0 Å². The molecule has 0 bridgehead atoms. The van der Waals surface area contributed by atoms with Crippen molar-refractivity contribution >= 4 is 5.97 Å². The van der Waals surface area contributed by atoms with E-state index in [-0.39, 0.29) is 5.97 Å². The van der Waals surface area contributed by atoms with Gasteiger partial charge in [0, 0.05) is 13.1 Å². The number of rotatable bonds is 6. The summed E-state index contributed by atoms with van der Waals surface area (Å²) in [6.07, 6.45) is 0.307. The molecule has 1 unspecified atom stereocenters. The van der Waals surface area contributed by atoms with Gasteiger partial charge >= 0.3 is 5.97 Å². The molecule has 0 aliphatic carbocycles. The van der Waals surface area contributed by atoms with Gasteiger partial charge in [-0.3, -0.25) is 4.79 Å². The molecule has 1 aromatic carbocycles. The molecule has 0 amide bonds. The predicted molar refractivity (Wildman–Crippen MR) is 65.5 cm³/mol. The Morgan fingerprint density at radius 2 is 2.06 bits per heavy atom. The molecule has 0 spiro atoms. The van der Waals surface area contributed by atoms with Gasteiger partial charge in [0.25, 0.3) is 0 Å². The molecule has 0 aromatic heterocycles. The summed E-state index contributed by atoms with van der Waals surface area (Å²) in [5, 5.41) is 13.3. The third-order valence-electron chi connectivity index (χ3n) is 2.60. The molecule has 0 radical (unpaired) electrons. The molecule has 4 heteroatoms. The fourth-order valence-electron chi connectivity index (χ4n) is 1.52. The van der Waals surface area contributed by atoms with E-state index in [1.807, 2.05) is 30.3 Å². The van der Waals surface area contributed by atoms with Crippen LogP contribution in [0.4, 0.5) is 0 Å². The van der Waals surface area contributed by atoms with Gasteiger partial charge in [0.1, 0.15) is 0 Å². The SMILES string of the molecule is COC(=O)CCNCC(C)(O)c1ccccc1. The summed E-state index contributed by atoms with van der Waals surface area (Å²) in [4.78, 5) is 10.9. The van der Waals surface area contributed by atoms with Gasteiger partial charge in [-0.2, -0.15) is 0 Å². The second-order valence-corrected chi connectivity index (χ2v) is 4.14. The maximum Gasteiger partial charge on any atom is 0.306 e. The van der Waals surface area contributed by atoms with Crippen molar-refractivity contribution in [3.63, 3.8) is 0 Å². The average Bonchev–Trinajstić information content (AvgIpc) is 2.35. The quantitative estimate of drug-likeness (QED) is 0.573. The van der Waals surface area contributed by atoms with E-state index in [0.29, 0.717) is 19.5 Å². The first kappa shape index (κ1) is 13.7. The fraction of sp³-hybridized carbons (Fsp3) is 0.462. The number of ether oxygens (including phenoxy) is 1. The molecule has 94 valence electrons. The molecule has 2 N–H and O–H groups in total. The van der Waals surface area contributed by atoms with Crippen LogP contribution < -0.4 is 5.32 Å². The highest BCUT2D eigenvalue weighted by Crippen LogP contribution is 2.18. The van der Waals surface area contributed by atoms with Crippen molar-refractivity contribution in [1.29, 1.82) is 0 Å². The molecule has 0 saturated heterocycles. The van der Waals surface area contributed by atoms with E-state index >= 15 is 0 Å². The van der Waals surface area contributed by atoms with Gasteiger partial charge < -0.3 is 15.2 Å². The van der Waals surface area contributed by atoms with Gasteiger partial charge in [-0.1, -0.05) is 30.3 Å². The number of aliphatic hydroxyl groups is 1. The summed E-state index contributed by atoms with van der Waals surface area (Å²) in [6, 6.07) is 9.44. The molecule has 17 heavy (non-hydrogen) atoms. The predicted octanol–water partition coefficient (Wildman–Crippen LogP) is 1.05. The Labute approximate surface area is 102 Å². The van der Waals surface area contributed by atoms with Gasteiger partial charge in [-0.05, 0) is 12.5 Å². The summed E-state index contributed by atoms with van der Waals surface area (Å²) < 4.78 is 4.53. The van der Waals surface area contributed by atoms with Crippen LogP contribution in [-0.2, 0) is 15.1 Å². The van der Waals surface area contributed by atoms with Crippen LogP contribution in [0, 0.1) is 0 Å². The number of carbonyl (C=O) groups is 1. The van der Waals surface area contributed by atoms with E-state index in [0.717, 1.165) is 5.56 Å². The van der Waals surface area contributed by atoms with E-state index < -0.39 is 5.60 Å². The number of esters is 1. The maximum absolute atomic E-state index is 10.9. The zero-order valence-corrected chi connectivity index (χ0v) is 10.3. The van der Waals surface area contributed by atoms with E-state index in [2.05, 4.69) is 10.1 Å². The Morgan fingerprint density at radius 1 is 1.41 bits per heavy atom. The average molecular weight is 237 g/mol. The van der Waals surface area contributed by atoms with Crippen LogP contribution in [0.3, 0.4) is 0 Å². The normalized spacial score (nSPS) is 14.1. The summed E-state index contributed by atoms with van der Waals surface area (Å²) >= 11 is 0. The third-order valence-corrected chi connectivity index (χ3v) is 2.60. The van der Waals surface area contributed by atoms with Crippen molar-refractivity contribution in [2.45, 2.75) is 18.9 Å². The summed E-state index contributed by atoms with van der Waals surface area (Å²) in [5.41, 5.74) is -0.0808. The van der Waals surface area contributed by atoms with Crippen LogP contribution in [0.15, 0.2) is 30.3 Å². The number of nitrogens with one attached hydrogen (secondary N) is 1. The molecular weight excluding hydrogens is 218 g/mol. The van der Waals surface area contributed by atoms with Gasteiger partial charge in [0.2, 0.25) is 0 Å². The standard InChI is InChI=1S/C13H19NO3/c1-13(16,11-6-4-3-5-7-11)10-14-9-8-12(15)17-2/h3-7,14,16H,8-10H2,1-2H3. The van der Waals surface area contributed by atoms with Gasteiger partial charge in [-0.25, -0.2) is 0 Å². The lowest BCUT2D eigenvalue weighted by molar-refractivity contribution is -0.140. The second kappa shape index (κ2) is 6.37. The van der Waals surface area contributed by atoms with Crippen molar-refractivity contribution in [1.82, 2.24) is 5.32 Å². The third kappa shape index (κ3) is 4.54. The van der Waals surface area contributed by atoms with Crippen LogP contribution in [0.25, 0.3) is 0 Å². The van der Waals surface area contributed by atoms with Crippen LogP contribution in [0.5, 0.6) is 0 Å². The molecule has 0 saturated carbocycles.